The summed E-state index contributed by atoms with van der Waals surface area (Å²) in [5.74, 6) is 0.424. The number of benzene rings is 1. The van der Waals surface area contributed by atoms with Gasteiger partial charge < -0.3 is 0 Å². The Morgan fingerprint density at radius 2 is 1.84 bits per heavy atom. The van der Waals surface area contributed by atoms with Crippen molar-refractivity contribution in [3.8, 4) is 0 Å². The molecular weight excluding hydrogens is 306 g/mol. The molecule has 0 radical (unpaired) electrons. The molecule has 0 bridgehead atoms. The summed E-state index contributed by atoms with van der Waals surface area (Å²) in [6.45, 7) is 2.09. The molecule has 0 aliphatic heterocycles. The van der Waals surface area contributed by atoms with Gasteiger partial charge in [-0.1, -0.05) is 47.3 Å². The van der Waals surface area contributed by atoms with Crippen molar-refractivity contribution in [3.63, 3.8) is 0 Å². The maximum atomic E-state index is 11.1. The maximum Gasteiger partial charge on any atom is 0.213 e. The van der Waals surface area contributed by atoms with Gasteiger partial charge in [0.2, 0.25) is 6.54 Å². The lowest BCUT2D eigenvalue weighted by atomic mass is 9.66. The Morgan fingerprint density at radius 3 is 2.37 bits per heavy atom. The van der Waals surface area contributed by atoms with Gasteiger partial charge in [-0.25, -0.2) is 0 Å². The fourth-order valence-corrected chi connectivity index (χ4v) is 3.56. The molecule has 4 heteroatoms. The molecule has 0 amide bonds. The summed E-state index contributed by atoms with van der Waals surface area (Å²) >= 11 is 3.43. The number of halogens is 1. The fraction of sp³-hybridized carbons (Fsp3) is 0.600. The van der Waals surface area contributed by atoms with E-state index in [1.54, 1.807) is 0 Å². The van der Waals surface area contributed by atoms with Crippen molar-refractivity contribution in [3.05, 3.63) is 44.4 Å². The van der Waals surface area contributed by atoms with Gasteiger partial charge in [-0.2, -0.15) is 0 Å². The van der Waals surface area contributed by atoms with Crippen LogP contribution in [-0.2, 0) is 5.41 Å². The molecule has 0 unspecified atom stereocenters. The van der Waals surface area contributed by atoms with Gasteiger partial charge in [0.1, 0.15) is 0 Å². The first-order chi connectivity index (χ1) is 9.02. The molecule has 1 fully saturated rings. The Kier molecular flexibility index (Phi) is 4.61. The molecular formula is C15H20BrNO2. The highest BCUT2D eigenvalue weighted by Gasteiger charge is 2.40. The molecule has 0 heterocycles. The van der Waals surface area contributed by atoms with E-state index in [0.717, 1.165) is 22.9 Å². The Hall–Kier alpha value is -0.900. The van der Waals surface area contributed by atoms with Crippen molar-refractivity contribution in [2.45, 2.75) is 44.4 Å². The lowest BCUT2D eigenvalue weighted by molar-refractivity contribution is -0.492. The highest BCUT2D eigenvalue weighted by atomic mass is 79.9. The van der Waals surface area contributed by atoms with Crippen LogP contribution in [0.15, 0.2) is 28.7 Å². The Bertz CT molecular complexity index is 440. The summed E-state index contributed by atoms with van der Waals surface area (Å²) in [5, 5.41) is 11.1. The number of nitro groups is 1. The van der Waals surface area contributed by atoms with Crippen LogP contribution in [0.3, 0.4) is 0 Å². The van der Waals surface area contributed by atoms with Gasteiger partial charge in [0, 0.05) is 9.40 Å². The predicted molar refractivity (Wildman–Crippen MR) is 79.9 cm³/mol. The van der Waals surface area contributed by atoms with E-state index in [1.165, 1.54) is 19.3 Å². The summed E-state index contributed by atoms with van der Waals surface area (Å²) in [4.78, 5) is 10.9. The van der Waals surface area contributed by atoms with E-state index in [1.807, 2.05) is 24.3 Å². The van der Waals surface area contributed by atoms with Crippen LogP contribution in [0.1, 0.15) is 44.6 Å². The minimum absolute atomic E-state index is 0.0271. The molecule has 104 valence electrons. The van der Waals surface area contributed by atoms with E-state index in [9.17, 15) is 10.1 Å². The zero-order valence-corrected chi connectivity index (χ0v) is 12.9. The van der Waals surface area contributed by atoms with E-state index in [4.69, 9.17) is 0 Å². The Labute approximate surface area is 122 Å². The molecule has 1 aromatic rings. The number of hydrogen-bond acceptors (Lipinski definition) is 2. The molecule has 1 aromatic carbocycles. The molecule has 3 nitrogen and oxygen atoms in total. The topological polar surface area (TPSA) is 43.1 Å². The van der Waals surface area contributed by atoms with Crippen LogP contribution in [0.2, 0.25) is 0 Å². The van der Waals surface area contributed by atoms with Gasteiger partial charge >= 0.3 is 0 Å². The minimum Gasteiger partial charge on any atom is -0.265 e. The number of rotatable bonds is 4. The van der Waals surface area contributed by atoms with Gasteiger partial charge in [0.05, 0.1) is 5.41 Å². The Morgan fingerprint density at radius 1 is 1.26 bits per heavy atom. The zero-order valence-electron chi connectivity index (χ0n) is 11.3. The maximum absolute atomic E-state index is 11.1. The molecule has 0 aromatic heterocycles. The number of hydrogen-bond donors (Lipinski definition) is 0. The SMILES string of the molecule is C[C@@](C[N+](=O)[O-])(c1ccc(Br)cc1)C1CCCCC1. The van der Waals surface area contributed by atoms with Crippen LogP contribution in [0.25, 0.3) is 0 Å². The predicted octanol–water partition coefficient (Wildman–Crippen LogP) is 4.56. The van der Waals surface area contributed by atoms with Crippen molar-refractivity contribution in [2.24, 2.45) is 5.92 Å². The largest absolute Gasteiger partial charge is 0.265 e. The summed E-state index contributed by atoms with van der Waals surface area (Å²) < 4.78 is 1.02. The third-order valence-electron chi connectivity index (χ3n) is 4.47. The van der Waals surface area contributed by atoms with Gasteiger partial charge in [0.25, 0.3) is 0 Å². The van der Waals surface area contributed by atoms with E-state index in [-0.39, 0.29) is 16.9 Å². The lowest BCUT2D eigenvalue weighted by Gasteiger charge is -2.37. The highest BCUT2D eigenvalue weighted by Crippen LogP contribution is 2.41. The molecule has 1 aliphatic rings. The fourth-order valence-electron chi connectivity index (χ4n) is 3.29. The minimum atomic E-state index is -0.343. The molecule has 1 aliphatic carbocycles. The average Bonchev–Trinajstić information content (AvgIpc) is 2.39. The smallest absolute Gasteiger partial charge is 0.213 e. The summed E-state index contributed by atoms with van der Waals surface area (Å²) in [6.07, 6.45) is 5.90. The lowest BCUT2D eigenvalue weighted by Crippen LogP contribution is -2.40. The van der Waals surface area contributed by atoms with Crippen LogP contribution >= 0.6 is 15.9 Å². The number of nitrogens with zero attached hydrogens (tertiary/aromatic N) is 1. The molecule has 0 spiro atoms. The Balaban J connectivity index is 2.32. The van der Waals surface area contributed by atoms with Crippen molar-refractivity contribution in [2.75, 3.05) is 6.54 Å². The molecule has 1 atom stereocenters. The van der Waals surface area contributed by atoms with E-state index < -0.39 is 0 Å². The van der Waals surface area contributed by atoms with Gasteiger partial charge in [0.15, 0.2) is 0 Å². The third-order valence-corrected chi connectivity index (χ3v) is 5.00. The van der Waals surface area contributed by atoms with Crippen LogP contribution < -0.4 is 0 Å². The molecule has 0 saturated heterocycles. The summed E-state index contributed by atoms with van der Waals surface area (Å²) in [7, 11) is 0. The van der Waals surface area contributed by atoms with Crippen molar-refractivity contribution in [1.82, 2.24) is 0 Å². The molecule has 2 rings (SSSR count). The van der Waals surface area contributed by atoms with Crippen molar-refractivity contribution < 1.29 is 4.92 Å². The van der Waals surface area contributed by atoms with Gasteiger partial charge in [-0.15, -0.1) is 0 Å². The second-order valence-electron chi connectivity index (χ2n) is 5.75. The van der Waals surface area contributed by atoms with Crippen LogP contribution in [0.4, 0.5) is 0 Å². The standard InChI is InChI=1S/C15H20BrNO2/c1-15(11-17(18)19,12-5-3-2-4-6-12)13-7-9-14(16)10-8-13/h7-10,12H,2-6,11H2,1H3/t15-/m0/s1. The normalized spacial score (nSPS) is 19.9. The molecule has 19 heavy (non-hydrogen) atoms. The highest BCUT2D eigenvalue weighted by molar-refractivity contribution is 9.10. The second-order valence-corrected chi connectivity index (χ2v) is 6.67. The third kappa shape index (κ3) is 3.35. The van der Waals surface area contributed by atoms with E-state index in [0.29, 0.717) is 5.92 Å². The van der Waals surface area contributed by atoms with E-state index in [2.05, 4.69) is 22.9 Å². The molecule has 0 N–H and O–H groups in total. The van der Waals surface area contributed by atoms with Crippen molar-refractivity contribution >= 4 is 15.9 Å². The first-order valence-corrected chi connectivity index (χ1v) is 7.69. The summed E-state index contributed by atoms with van der Waals surface area (Å²) in [6, 6.07) is 8.02. The van der Waals surface area contributed by atoms with Crippen LogP contribution in [0, 0.1) is 16.0 Å². The first-order valence-electron chi connectivity index (χ1n) is 6.90. The second kappa shape index (κ2) is 6.04. The first kappa shape index (κ1) is 14.5. The van der Waals surface area contributed by atoms with Crippen LogP contribution in [0.5, 0.6) is 0 Å². The van der Waals surface area contributed by atoms with E-state index >= 15 is 0 Å². The molecule has 1 saturated carbocycles. The monoisotopic (exact) mass is 325 g/mol. The quantitative estimate of drug-likeness (QED) is 0.601. The average molecular weight is 326 g/mol. The van der Waals surface area contributed by atoms with Crippen LogP contribution in [-0.4, -0.2) is 11.5 Å². The summed E-state index contributed by atoms with van der Waals surface area (Å²) in [5.41, 5.74) is 0.754. The van der Waals surface area contributed by atoms with Gasteiger partial charge in [-0.3, -0.25) is 10.1 Å². The van der Waals surface area contributed by atoms with Gasteiger partial charge in [-0.05, 0) is 43.4 Å². The zero-order chi connectivity index (χ0) is 13.9. The van der Waals surface area contributed by atoms with Crippen molar-refractivity contribution in [1.29, 1.82) is 0 Å².